The molecule has 2 rings (SSSR count). The smallest absolute Gasteiger partial charge is 0.00720 e. The summed E-state index contributed by atoms with van der Waals surface area (Å²) in [4.78, 5) is 1.40. The Hall–Kier alpha value is -0.470. The molecule has 0 amide bonds. The summed E-state index contributed by atoms with van der Waals surface area (Å²) in [7, 11) is 0. The van der Waals surface area contributed by atoms with E-state index in [2.05, 4.69) is 35.6 Å². The Balaban J connectivity index is 1.76. The number of nitrogens with one attached hydrogen (secondary N) is 1. The number of rotatable bonds is 3. The summed E-state index contributed by atoms with van der Waals surface area (Å²) in [6.07, 6.45) is 2.74. The van der Waals surface area contributed by atoms with E-state index in [0.29, 0.717) is 0 Å². The van der Waals surface area contributed by atoms with Crippen LogP contribution in [0.5, 0.6) is 0 Å². The van der Waals surface area contributed by atoms with Crippen LogP contribution in [0.1, 0.15) is 12.8 Å². The molecule has 1 fully saturated rings. The van der Waals surface area contributed by atoms with Gasteiger partial charge in [-0.25, -0.2) is 0 Å². The monoisotopic (exact) mass is 207 g/mol. The minimum atomic E-state index is 0.869. The van der Waals surface area contributed by atoms with Crippen molar-refractivity contribution in [2.75, 3.05) is 18.8 Å². The lowest BCUT2D eigenvalue weighted by atomic mass is 10.0. The van der Waals surface area contributed by atoms with Crippen LogP contribution in [0.4, 0.5) is 0 Å². The summed E-state index contributed by atoms with van der Waals surface area (Å²) in [6, 6.07) is 10.7. The summed E-state index contributed by atoms with van der Waals surface area (Å²) in [6.45, 7) is 2.42. The standard InChI is InChI=1S/C12H17NS/c1-2-6-12(7-3-1)14-10-11-5-4-8-13-9-11/h1-3,6-7,11,13H,4-5,8-10H2/t11-/m0/s1. The molecule has 1 N–H and O–H groups in total. The second-order valence-electron chi connectivity index (χ2n) is 3.84. The summed E-state index contributed by atoms with van der Waals surface area (Å²) >= 11 is 1.99. The minimum absolute atomic E-state index is 0.869. The van der Waals surface area contributed by atoms with E-state index >= 15 is 0 Å². The summed E-state index contributed by atoms with van der Waals surface area (Å²) in [5.74, 6) is 2.13. The summed E-state index contributed by atoms with van der Waals surface area (Å²) in [5, 5.41) is 3.46. The molecule has 1 atom stereocenters. The fourth-order valence-electron chi connectivity index (χ4n) is 1.80. The third-order valence-corrected chi connectivity index (χ3v) is 3.87. The SMILES string of the molecule is c1ccc(SC[C@H]2CCCNC2)cc1. The van der Waals surface area contributed by atoms with Gasteiger partial charge in [-0.1, -0.05) is 18.2 Å². The predicted octanol–water partition coefficient (Wildman–Crippen LogP) is 2.78. The van der Waals surface area contributed by atoms with Crippen molar-refractivity contribution in [3.8, 4) is 0 Å². The van der Waals surface area contributed by atoms with Crippen LogP contribution in [0, 0.1) is 5.92 Å². The third-order valence-electron chi connectivity index (χ3n) is 2.63. The second-order valence-corrected chi connectivity index (χ2v) is 4.93. The van der Waals surface area contributed by atoms with Crippen molar-refractivity contribution in [3.05, 3.63) is 30.3 Å². The highest BCUT2D eigenvalue weighted by atomic mass is 32.2. The molecule has 0 aliphatic carbocycles. The molecular weight excluding hydrogens is 190 g/mol. The lowest BCUT2D eigenvalue weighted by Crippen LogP contribution is -2.30. The lowest BCUT2D eigenvalue weighted by molar-refractivity contribution is 0.410. The highest BCUT2D eigenvalue weighted by Gasteiger charge is 2.12. The first-order chi connectivity index (χ1) is 6.95. The van der Waals surface area contributed by atoms with Crippen molar-refractivity contribution >= 4 is 11.8 Å². The second kappa shape index (κ2) is 5.42. The van der Waals surface area contributed by atoms with Gasteiger partial charge in [0, 0.05) is 10.6 Å². The molecule has 0 unspecified atom stereocenters. The van der Waals surface area contributed by atoms with E-state index in [1.807, 2.05) is 11.8 Å². The van der Waals surface area contributed by atoms with Crippen molar-refractivity contribution in [3.63, 3.8) is 0 Å². The fourth-order valence-corrected chi connectivity index (χ4v) is 2.86. The van der Waals surface area contributed by atoms with Gasteiger partial charge in [-0.15, -0.1) is 11.8 Å². The van der Waals surface area contributed by atoms with Gasteiger partial charge in [0.25, 0.3) is 0 Å². The highest BCUT2D eigenvalue weighted by molar-refractivity contribution is 7.99. The Labute approximate surface area is 90.3 Å². The van der Waals surface area contributed by atoms with Crippen molar-refractivity contribution in [2.45, 2.75) is 17.7 Å². The van der Waals surface area contributed by atoms with Crippen LogP contribution >= 0.6 is 11.8 Å². The van der Waals surface area contributed by atoms with Crippen molar-refractivity contribution in [2.24, 2.45) is 5.92 Å². The number of hydrogen-bond donors (Lipinski definition) is 1. The molecule has 1 aromatic rings. The molecule has 76 valence electrons. The summed E-state index contributed by atoms with van der Waals surface area (Å²) < 4.78 is 0. The molecule has 0 bridgehead atoms. The van der Waals surface area contributed by atoms with Gasteiger partial charge in [-0.3, -0.25) is 0 Å². The quantitative estimate of drug-likeness (QED) is 0.765. The molecular formula is C12H17NS. The fraction of sp³-hybridized carbons (Fsp3) is 0.500. The minimum Gasteiger partial charge on any atom is -0.316 e. The molecule has 1 saturated heterocycles. The maximum absolute atomic E-state index is 3.46. The van der Waals surface area contributed by atoms with Gasteiger partial charge in [0.2, 0.25) is 0 Å². The largest absolute Gasteiger partial charge is 0.316 e. The van der Waals surface area contributed by atoms with Crippen LogP contribution in [0.3, 0.4) is 0 Å². The third kappa shape index (κ3) is 3.03. The molecule has 0 aromatic heterocycles. The summed E-state index contributed by atoms with van der Waals surface area (Å²) in [5.41, 5.74) is 0. The maximum atomic E-state index is 3.46. The highest BCUT2D eigenvalue weighted by Crippen LogP contribution is 2.23. The maximum Gasteiger partial charge on any atom is 0.00720 e. The van der Waals surface area contributed by atoms with Crippen LogP contribution in [0.15, 0.2) is 35.2 Å². The van der Waals surface area contributed by atoms with Gasteiger partial charge in [0.05, 0.1) is 0 Å². The van der Waals surface area contributed by atoms with E-state index in [0.717, 1.165) is 5.92 Å². The molecule has 2 heteroatoms. The predicted molar refractivity (Wildman–Crippen MR) is 62.8 cm³/mol. The van der Waals surface area contributed by atoms with Gasteiger partial charge >= 0.3 is 0 Å². The Kier molecular flexibility index (Phi) is 3.90. The van der Waals surface area contributed by atoms with E-state index in [9.17, 15) is 0 Å². The number of benzene rings is 1. The Morgan fingerprint density at radius 2 is 2.14 bits per heavy atom. The van der Waals surface area contributed by atoms with E-state index in [1.54, 1.807) is 0 Å². The molecule has 1 nitrogen and oxygen atoms in total. The molecule has 0 spiro atoms. The van der Waals surface area contributed by atoms with Gasteiger partial charge in [-0.2, -0.15) is 0 Å². The zero-order chi connectivity index (χ0) is 9.64. The van der Waals surface area contributed by atoms with E-state index in [-0.39, 0.29) is 0 Å². The Morgan fingerprint density at radius 3 is 2.86 bits per heavy atom. The first-order valence-electron chi connectivity index (χ1n) is 5.34. The first-order valence-corrected chi connectivity index (χ1v) is 6.32. The normalized spacial score (nSPS) is 22.1. The zero-order valence-corrected chi connectivity index (χ0v) is 9.22. The van der Waals surface area contributed by atoms with Crippen LogP contribution in [0.25, 0.3) is 0 Å². The molecule has 1 aliphatic rings. The van der Waals surface area contributed by atoms with Gasteiger partial charge in [0.1, 0.15) is 0 Å². The van der Waals surface area contributed by atoms with Crippen molar-refractivity contribution in [1.29, 1.82) is 0 Å². The lowest BCUT2D eigenvalue weighted by Gasteiger charge is -2.22. The van der Waals surface area contributed by atoms with Crippen molar-refractivity contribution in [1.82, 2.24) is 5.32 Å². The average Bonchev–Trinajstić information content (AvgIpc) is 2.29. The van der Waals surface area contributed by atoms with Crippen LogP contribution in [0.2, 0.25) is 0 Å². The van der Waals surface area contributed by atoms with Gasteiger partial charge < -0.3 is 5.32 Å². The molecule has 0 radical (unpaired) electrons. The Morgan fingerprint density at radius 1 is 1.29 bits per heavy atom. The van der Waals surface area contributed by atoms with Gasteiger partial charge in [0.15, 0.2) is 0 Å². The molecule has 1 aromatic carbocycles. The first kappa shape index (κ1) is 10.1. The van der Waals surface area contributed by atoms with E-state index < -0.39 is 0 Å². The molecule has 1 aliphatic heterocycles. The van der Waals surface area contributed by atoms with Crippen LogP contribution in [-0.4, -0.2) is 18.8 Å². The zero-order valence-electron chi connectivity index (χ0n) is 8.41. The average molecular weight is 207 g/mol. The molecule has 0 saturated carbocycles. The molecule has 1 heterocycles. The number of piperidine rings is 1. The van der Waals surface area contributed by atoms with E-state index in [4.69, 9.17) is 0 Å². The Bertz CT molecular complexity index is 254. The number of thioether (sulfide) groups is 1. The van der Waals surface area contributed by atoms with Crippen LogP contribution in [-0.2, 0) is 0 Å². The van der Waals surface area contributed by atoms with E-state index in [1.165, 1.54) is 36.6 Å². The van der Waals surface area contributed by atoms with Gasteiger partial charge in [-0.05, 0) is 44.0 Å². The van der Waals surface area contributed by atoms with Crippen LogP contribution < -0.4 is 5.32 Å². The number of hydrogen-bond acceptors (Lipinski definition) is 2. The van der Waals surface area contributed by atoms with Crippen molar-refractivity contribution < 1.29 is 0 Å². The topological polar surface area (TPSA) is 12.0 Å². The molecule has 14 heavy (non-hydrogen) atoms.